The highest BCUT2D eigenvalue weighted by molar-refractivity contribution is 7.13. The van der Waals surface area contributed by atoms with E-state index < -0.39 is 0 Å². The number of rotatable bonds is 10. The van der Waals surface area contributed by atoms with Gasteiger partial charge in [0.05, 0.1) is 26.9 Å². The molecule has 0 bridgehead atoms. The van der Waals surface area contributed by atoms with Gasteiger partial charge in [-0.05, 0) is 43.0 Å². The molecule has 0 saturated carbocycles. The van der Waals surface area contributed by atoms with Crippen LogP contribution in [0.25, 0.3) is 16.5 Å². The van der Waals surface area contributed by atoms with Crippen LogP contribution in [-0.2, 0) is 4.74 Å². The van der Waals surface area contributed by atoms with E-state index in [-0.39, 0.29) is 5.78 Å². The Bertz CT molecular complexity index is 1100. The Kier molecular flexibility index (Phi) is 8.52. The lowest BCUT2D eigenvalue weighted by atomic mass is 10.0. The Morgan fingerprint density at radius 3 is 2.62 bits per heavy atom. The zero-order chi connectivity index (χ0) is 23.8. The monoisotopic (exact) mass is 477 g/mol. The van der Waals surface area contributed by atoms with Crippen molar-refractivity contribution in [3.8, 4) is 21.9 Å². The molecule has 3 aromatic rings. The van der Waals surface area contributed by atoms with Crippen LogP contribution in [-0.4, -0.2) is 57.2 Å². The fraction of sp³-hybridized carbons (Fsp3) is 0.321. The van der Waals surface area contributed by atoms with Crippen LogP contribution in [0.1, 0.15) is 27.9 Å². The van der Waals surface area contributed by atoms with Crippen molar-refractivity contribution in [1.29, 1.82) is 0 Å². The van der Waals surface area contributed by atoms with Crippen molar-refractivity contribution in [1.82, 2.24) is 4.90 Å². The first-order valence-electron chi connectivity index (χ1n) is 11.6. The molecule has 2 aromatic carbocycles. The molecule has 1 saturated heterocycles. The Morgan fingerprint density at radius 2 is 1.91 bits per heavy atom. The second-order valence-corrected chi connectivity index (χ2v) is 9.23. The summed E-state index contributed by atoms with van der Waals surface area (Å²) in [4.78, 5) is 16.3. The molecular weight excluding hydrogens is 446 g/mol. The van der Waals surface area contributed by atoms with Gasteiger partial charge in [-0.15, -0.1) is 11.3 Å². The molecule has 6 heteroatoms. The van der Waals surface area contributed by atoms with Crippen LogP contribution in [0.15, 0.2) is 60.0 Å². The normalized spacial score (nSPS) is 14.4. The molecule has 2 heterocycles. The first-order valence-corrected chi connectivity index (χ1v) is 12.5. The highest BCUT2D eigenvalue weighted by atomic mass is 32.1. The Hall–Kier alpha value is -2.93. The molecule has 34 heavy (non-hydrogen) atoms. The number of aryl methyl sites for hydroxylation is 1. The molecule has 0 aliphatic carbocycles. The molecule has 1 aromatic heterocycles. The van der Waals surface area contributed by atoms with Crippen LogP contribution in [0.4, 0.5) is 0 Å². The van der Waals surface area contributed by atoms with Crippen LogP contribution in [0.2, 0.25) is 0 Å². The molecule has 0 amide bonds. The zero-order valence-corrected chi connectivity index (χ0v) is 20.6. The smallest absolute Gasteiger partial charge is 0.185 e. The minimum Gasteiger partial charge on any atom is -0.496 e. The molecule has 178 valence electrons. The molecule has 5 nitrogen and oxygen atoms in total. The standard InChI is InChI=1S/C28H31NO4S/c1-21-6-8-22(9-7-21)25(30)11-10-23-19-24(28-5-3-18-34-28)27(31-2)20-26(23)33-15-4-12-29-13-16-32-17-14-29/h3,5-11,18-20H,4,12-17H2,1-2H3/b11-10+. The van der Waals surface area contributed by atoms with E-state index in [0.717, 1.165) is 66.6 Å². The van der Waals surface area contributed by atoms with E-state index in [9.17, 15) is 4.79 Å². The maximum absolute atomic E-state index is 12.7. The van der Waals surface area contributed by atoms with Crippen molar-refractivity contribution in [3.63, 3.8) is 0 Å². The van der Waals surface area contributed by atoms with Gasteiger partial charge >= 0.3 is 0 Å². The zero-order valence-electron chi connectivity index (χ0n) is 19.8. The molecule has 1 aliphatic rings. The summed E-state index contributed by atoms with van der Waals surface area (Å²) in [5, 5.41) is 2.04. The number of ketones is 1. The lowest BCUT2D eigenvalue weighted by molar-refractivity contribution is 0.0358. The number of allylic oxidation sites excluding steroid dienone is 1. The number of ether oxygens (including phenoxy) is 3. The predicted molar refractivity (Wildman–Crippen MR) is 138 cm³/mol. The summed E-state index contributed by atoms with van der Waals surface area (Å²) in [6.07, 6.45) is 4.38. The highest BCUT2D eigenvalue weighted by Crippen LogP contribution is 2.39. The van der Waals surface area contributed by atoms with E-state index in [4.69, 9.17) is 14.2 Å². The highest BCUT2D eigenvalue weighted by Gasteiger charge is 2.14. The molecule has 0 unspecified atom stereocenters. The van der Waals surface area contributed by atoms with Gasteiger partial charge in [-0.25, -0.2) is 0 Å². The summed E-state index contributed by atoms with van der Waals surface area (Å²) in [6.45, 7) is 7.11. The quantitative estimate of drug-likeness (QED) is 0.212. The SMILES string of the molecule is COc1cc(OCCCN2CCOCC2)c(/C=C/C(=O)c2ccc(C)cc2)cc1-c1cccs1. The van der Waals surface area contributed by atoms with Gasteiger partial charge in [0.15, 0.2) is 5.78 Å². The van der Waals surface area contributed by atoms with E-state index in [1.165, 1.54) is 0 Å². The second-order valence-electron chi connectivity index (χ2n) is 8.29. The van der Waals surface area contributed by atoms with Gasteiger partial charge in [-0.2, -0.15) is 0 Å². The third kappa shape index (κ3) is 6.35. The number of carbonyl (C=O) groups is 1. The van der Waals surface area contributed by atoms with Crippen LogP contribution in [0.3, 0.4) is 0 Å². The molecule has 1 fully saturated rings. The summed E-state index contributed by atoms with van der Waals surface area (Å²) in [5.41, 5.74) is 3.64. The predicted octanol–water partition coefficient (Wildman–Crippen LogP) is 5.73. The number of carbonyl (C=O) groups excluding carboxylic acids is 1. The van der Waals surface area contributed by atoms with Crippen LogP contribution in [0.5, 0.6) is 11.5 Å². The minimum absolute atomic E-state index is 0.0354. The van der Waals surface area contributed by atoms with E-state index >= 15 is 0 Å². The van der Waals surface area contributed by atoms with Crippen molar-refractivity contribution < 1.29 is 19.0 Å². The van der Waals surface area contributed by atoms with Gasteiger partial charge in [0, 0.05) is 47.3 Å². The van der Waals surface area contributed by atoms with Crippen LogP contribution in [0, 0.1) is 6.92 Å². The molecule has 0 atom stereocenters. The molecule has 0 radical (unpaired) electrons. The van der Waals surface area contributed by atoms with E-state index in [2.05, 4.69) is 11.0 Å². The number of thiophene rings is 1. The first-order chi connectivity index (χ1) is 16.6. The largest absolute Gasteiger partial charge is 0.496 e. The number of morpholine rings is 1. The average Bonchev–Trinajstić information content (AvgIpc) is 3.41. The fourth-order valence-electron chi connectivity index (χ4n) is 3.90. The maximum Gasteiger partial charge on any atom is 0.185 e. The summed E-state index contributed by atoms with van der Waals surface area (Å²) in [7, 11) is 1.67. The van der Waals surface area contributed by atoms with Crippen LogP contribution < -0.4 is 9.47 Å². The average molecular weight is 478 g/mol. The van der Waals surface area contributed by atoms with Crippen molar-refractivity contribution in [2.24, 2.45) is 0 Å². The topological polar surface area (TPSA) is 48.0 Å². The van der Waals surface area contributed by atoms with Crippen molar-refractivity contribution in [3.05, 3.63) is 76.7 Å². The molecule has 0 spiro atoms. The van der Waals surface area contributed by atoms with E-state index in [1.54, 1.807) is 24.5 Å². The molecular formula is C28H31NO4S. The number of methoxy groups -OCH3 is 1. The van der Waals surface area contributed by atoms with Gasteiger partial charge in [0.25, 0.3) is 0 Å². The Labute approximate surface area is 205 Å². The number of benzene rings is 2. The summed E-state index contributed by atoms with van der Waals surface area (Å²) in [5.74, 6) is 1.44. The summed E-state index contributed by atoms with van der Waals surface area (Å²) in [6, 6.07) is 15.7. The third-order valence-electron chi connectivity index (χ3n) is 5.85. The molecule has 1 aliphatic heterocycles. The summed E-state index contributed by atoms with van der Waals surface area (Å²) < 4.78 is 17.3. The number of hydrogen-bond acceptors (Lipinski definition) is 6. The van der Waals surface area contributed by atoms with Crippen molar-refractivity contribution in [2.75, 3.05) is 46.6 Å². The lowest BCUT2D eigenvalue weighted by Crippen LogP contribution is -2.37. The molecule has 4 rings (SSSR count). The van der Waals surface area contributed by atoms with Crippen molar-refractivity contribution in [2.45, 2.75) is 13.3 Å². The van der Waals surface area contributed by atoms with Crippen molar-refractivity contribution >= 4 is 23.2 Å². The minimum atomic E-state index is -0.0354. The van der Waals surface area contributed by atoms with E-state index in [1.807, 2.05) is 60.8 Å². The van der Waals surface area contributed by atoms with Gasteiger partial charge in [-0.3, -0.25) is 9.69 Å². The third-order valence-corrected chi connectivity index (χ3v) is 6.75. The second kappa shape index (κ2) is 12.0. The lowest BCUT2D eigenvalue weighted by Gasteiger charge is -2.26. The Morgan fingerprint density at radius 1 is 1.12 bits per heavy atom. The summed E-state index contributed by atoms with van der Waals surface area (Å²) >= 11 is 1.65. The Balaban J connectivity index is 1.54. The number of nitrogens with zero attached hydrogens (tertiary/aromatic N) is 1. The number of hydrogen-bond donors (Lipinski definition) is 0. The van der Waals surface area contributed by atoms with Gasteiger partial charge in [0.1, 0.15) is 11.5 Å². The van der Waals surface area contributed by atoms with E-state index in [0.29, 0.717) is 17.9 Å². The van der Waals surface area contributed by atoms with Gasteiger partial charge < -0.3 is 14.2 Å². The maximum atomic E-state index is 12.7. The van der Waals surface area contributed by atoms with Crippen LogP contribution >= 0.6 is 11.3 Å². The van der Waals surface area contributed by atoms with Gasteiger partial charge in [0.2, 0.25) is 0 Å². The first kappa shape index (κ1) is 24.2. The molecule has 0 N–H and O–H groups in total. The fourth-order valence-corrected chi connectivity index (χ4v) is 4.65. The van der Waals surface area contributed by atoms with Gasteiger partial charge in [-0.1, -0.05) is 35.9 Å².